The van der Waals surface area contributed by atoms with Crippen molar-refractivity contribution in [1.29, 1.82) is 0 Å². The van der Waals surface area contributed by atoms with Crippen LogP contribution in [0.2, 0.25) is 5.02 Å². The van der Waals surface area contributed by atoms with E-state index in [9.17, 15) is 19.5 Å². The zero-order valence-electron chi connectivity index (χ0n) is 25.9. The minimum atomic E-state index is -1.38. The number of amides is 3. The number of para-hydroxylation sites is 1. The third kappa shape index (κ3) is 4.96. The molecule has 1 N–H and O–H groups in total. The van der Waals surface area contributed by atoms with Crippen LogP contribution < -0.4 is 14.5 Å². The summed E-state index contributed by atoms with van der Waals surface area (Å²) in [5.41, 5.74) is -0.352. The first kappa shape index (κ1) is 31.3. The van der Waals surface area contributed by atoms with E-state index in [0.717, 1.165) is 5.56 Å². The van der Waals surface area contributed by atoms with E-state index >= 15 is 0 Å². The van der Waals surface area contributed by atoms with Gasteiger partial charge in [0.05, 0.1) is 34.8 Å². The molecule has 0 aromatic heterocycles. The SMILES string of the molecule is CCOc1ccc(N2CC=C[C@@]3(CC)O[C@]45C=CCN(c6c(C)cccc6Cl)C(=O)C4N(CCCCO)C(=O)[C@@H]5[C@H]3C2=O)cc1. The largest absolute Gasteiger partial charge is 0.494 e. The van der Waals surface area contributed by atoms with E-state index in [1.54, 1.807) is 20.8 Å². The first-order valence-electron chi connectivity index (χ1n) is 15.8. The van der Waals surface area contributed by atoms with Crippen molar-refractivity contribution >= 4 is 40.7 Å². The van der Waals surface area contributed by atoms with Crippen LogP contribution in [-0.2, 0) is 19.1 Å². The highest BCUT2D eigenvalue weighted by Gasteiger charge is 2.75. The standard InChI is InChI=1S/C35H40ClN3O6/c1-4-34-17-9-20-37(24-13-15-25(16-14-24)44-5-2)31(41)27(34)28-32(42)39(19-6-7-22-40)30-33(43)38(21-10-18-35(28,30)45-34)29-23(3)11-8-12-26(29)36/h8-18,27-28,30,40H,4-7,19-22H2,1-3H3/t27-,28-,30?,34+,35-/m0/s1. The van der Waals surface area contributed by atoms with Gasteiger partial charge in [-0.1, -0.05) is 55.0 Å². The number of halogens is 1. The van der Waals surface area contributed by atoms with E-state index < -0.39 is 29.1 Å². The van der Waals surface area contributed by atoms with Crippen molar-refractivity contribution < 1.29 is 29.0 Å². The number of hydrogen-bond acceptors (Lipinski definition) is 6. The van der Waals surface area contributed by atoms with Crippen molar-refractivity contribution in [3.8, 4) is 5.75 Å². The second kappa shape index (κ2) is 12.3. The van der Waals surface area contributed by atoms with Crippen LogP contribution in [0.15, 0.2) is 66.8 Å². The third-order valence-corrected chi connectivity index (χ3v) is 9.97. The summed E-state index contributed by atoms with van der Waals surface area (Å²) in [6.45, 7) is 7.08. The fraction of sp³-hybridized carbons (Fsp3) is 0.457. The lowest BCUT2D eigenvalue weighted by Gasteiger charge is -2.38. The number of fused-ring (bicyclic) bond motifs is 2. The van der Waals surface area contributed by atoms with Gasteiger partial charge in [0.25, 0.3) is 5.91 Å². The molecule has 0 radical (unpaired) electrons. The van der Waals surface area contributed by atoms with Gasteiger partial charge < -0.3 is 29.3 Å². The summed E-state index contributed by atoms with van der Waals surface area (Å²) in [6, 6.07) is 11.8. The summed E-state index contributed by atoms with van der Waals surface area (Å²) in [5.74, 6) is -1.90. The van der Waals surface area contributed by atoms with Crippen molar-refractivity contribution in [3.05, 3.63) is 77.4 Å². The Hall–Kier alpha value is -3.66. The van der Waals surface area contributed by atoms with E-state index in [1.807, 2.05) is 81.5 Å². The van der Waals surface area contributed by atoms with Crippen LogP contribution in [0, 0.1) is 18.8 Å². The fourth-order valence-electron chi connectivity index (χ4n) is 7.68. The first-order chi connectivity index (χ1) is 21.7. The van der Waals surface area contributed by atoms with E-state index in [-0.39, 0.29) is 37.4 Å². The normalized spacial score (nSPS) is 29.0. The van der Waals surface area contributed by atoms with Crippen LogP contribution in [0.1, 0.15) is 38.7 Å². The molecule has 2 aromatic carbocycles. The number of carbonyl (C=O) groups excluding carboxylic acids is 3. The quantitative estimate of drug-likeness (QED) is 0.318. The maximum atomic E-state index is 14.8. The lowest BCUT2D eigenvalue weighted by Crippen LogP contribution is -2.56. The number of anilines is 2. The molecule has 4 heterocycles. The van der Waals surface area contributed by atoms with Crippen LogP contribution in [0.25, 0.3) is 0 Å². The van der Waals surface area contributed by atoms with Gasteiger partial charge in [-0.3, -0.25) is 14.4 Å². The monoisotopic (exact) mass is 633 g/mol. The van der Waals surface area contributed by atoms with Crippen molar-refractivity contribution in [2.75, 3.05) is 42.6 Å². The Morgan fingerprint density at radius 2 is 1.67 bits per heavy atom. The molecule has 2 fully saturated rings. The van der Waals surface area contributed by atoms with Gasteiger partial charge in [-0.15, -0.1) is 0 Å². The van der Waals surface area contributed by atoms with Crippen molar-refractivity contribution in [2.45, 2.75) is 57.3 Å². The predicted octanol–water partition coefficient (Wildman–Crippen LogP) is 4.69. The van der Waals surface area contributed by atoms with Gasteiger partial charge in [0.2, 0.25) is 11.8 Å². The van der Waals surface area contributed by atoms with E-state index in [4.69, 9.17) is 21.1 Å². The number of benzene rings is 2. The molecule has 6 rings (SSSR count). The molecule has 4 aliphatic heterocycles. The summed E-state index contributed by atoms with van der Waals surface area (Å²) < 4.78 is 12.7. The molecule has 2 aromatic rings. The lowest BCUT2D eigenvalue weighted by atomic mass is 9.73. The summed E-state index contributed by atoms with van der Waals surface area (Å²) in [7, 11) is 0. The Kier molecular flexibility index (Phi) is 8.54. The van der Waals surface area contributed by atoms with Gasteiger partial charge in [0.1, 0.15) is 17.4 Å². The molecule has 238 valence electrons. The van der Waals surface area contributed by atoms with Crippen molar-refractivity contribution in [3.63, 3.8) is 0 Å². The second-order valence-electron chi connectivity index (χ2n) is 12.1. The highest BCUT2D eigenvalue weighted by Crippen LogP contribution is 2.59. The number of aliphatic hydroxyl groups is 1. The minimum Gasteiger partial charge on any atom is -0.494 e. The van der Waals surface area contributed by atoms with Gasteiger partial charge in [0.15, 0.2) is 0 Å². The number of nitrogens with zero attached hydrogens (tertiary/aromatic N) is 3. The highest BCUT2D eigenvalue weighted by molar-refractivity contribution is 6.34. The van der Waals surface area contributed by atoms with E-state index in [1.165, 1.54) is 0 Å². The molecule has 45 heavy (non-hydrogen) atoms. The molecule has 1 unspecified atom stereocenters. The molecule has 10 heteroatoms. The van der Waals surface area contributed by atoms with Crippen molar-refractivity contribution in [1.82, 2.24) is 4.90 Å². The Balaban J connectivity index is 1.46. The molecule has 3 amide bonds. The number of ether oxygens (including phenoxy) is 2. The maximum absolute atomic E-state index is 14.8. The predicted molar refractivity (Wildman–Crippen MR) is 172 cm³/mol. The minimum absolute atomic E-state index is 0.0293. The van der Waals surface area contributed by atoms with Crippen LogP contribution in [0.5, 0.6) is 5.75 Å². The molecule has 0 aliphatic carbocycles. The molecular weight excluding hydrogens is 594 g/mol. The average molecular weight is 634 g/mol. The Labute approximate surface area is 269 Å². The molecule has 2 saturated heterocycles. The Morgan fingerprint density at radius 3 is 2.36 bits per heavy atom. The number of aliphatic hydroxyl groups excluding tert-OH is 1. The second-order valence-corrected chi connectivity index (χ2v) is 12.5. The topological polar surface area (TPSA) is 99.6 Å². The number of carbonyl (C=O) groups is 3. The third-order valence-electron chi connectivity index (χ3n) is 9.66. The smallest absolute Gasteiger partial charge is 0.253 e. The molecule has 1 spiro atoms. The Morgan fingerprint density at radius 1 is 0.933 bits per heavy atom. The van der Waals surface area contributed by atoms with Crippen LogP contribution in [0.3, 0.4) is 0 Å². The number of aryl methyl sites for hydroxylation is 1. The van der Waals surface area contributed by atoms with Crippen molar-refractivity contribution in [2.24, 2.45) is 11.8 Å². The van der Waals surface area contributed by atoms with E-state index in [2.05, 4.69) is 0 Å². The van der Waals surface area contributed by atoms with E-state index in [0.29, 0.717) is 54.6 Å². The summed E-state index contributed by atoms with van der Waals surface area (Å²) in [5, 5.41) is 9.96. The maximum Gasteiger partial charge on any atom is 0.253 e. The molecule has 0 saturated carbocycles. The van der Waals surface area contributed by atoms with Gasteiger partial charge in [-0.2, -0.15) is 0 Å². The molecular formula is C35H40ClN3O6. The molecule has 4 aliphatic rings. The Bertz CT molecular complexity index is 1520. The van der Waals surface area contributed by atoms with Crippen LogP contribution >= 0.6 is 11.6 Å². The lowest BCUT2D eigenvalue weighted by molar-refractivity contribution is -0.145. The molecule has 0 bridgehead atoms. The number of unbranched alkanes of at least 4 members (excludes halogenated alkanes) is 1. The molecule has 5 atom stereocenters. The molecule has 9 nitrogen and oxygen atoms in total. The fourth-order valence-corrected chi connectivity index (χ4v) is 8.00. The highest BCUT2D eigenvalue weighted by atomic mass is 35.5. The summed E-state index contributed by atoms with van der Waals surface area (Å²) in [6.07, 6.45) is 8.98. The van der Waals surface area contributed by atoms with Gasteiger partial charge in [0, 0.05) is 31.9 Å². The average Bonchev–Trinajstić information content (AvgIpc) is 3.31. The van der Waals surface area contributed by atoms with Crippen LogP contribution in [0.4, 0.5) is 11.4 Å². The number of hydrogen-bond donors (Lipinski definition) is 1. The summed E-state index contributed by atoms with van der Waals surface area (Å²) in [4.78, 5) is 49.0. The first-order valence-corrected chi connectivity index (χ1v) is 16.2. The van der Waals surface area contributed by atoms with Gasteiger partial charge >= 0.3 is 0 Å². The zero-order chi connectivity index (χ0) is 31.9. The van der Waals surface area contributed by atoms with Crippen LogP contribution in [-0.4, -0.2) is 77.8 Å². The number of likely N-dealkylation sites (tertiary alicyclic amines) is 1. The zero-order valence-corrected chi connectivity index (χ0v) is 26.7. The van der Waals surface area contributed by atoms with Gasteiger partial charge in [-0.05, 0) is 69.0 Å². The summed E-state index contributed by atoms with van der Waals surface area (Å²) >= 11 is 6.66. The van der Waals surface area contributed by atoms with Gasteiger partial charge in [-0.25, -0.2) is 0 Å². The number of rotatable bonds is 9.